The lowest BCUT2D eigenvalue weighted by Gasteiger charge is -2.27. The minimum atomic E-state index is -3.36. The van der Waals surface area contributed by atoms with Gasteiger partial charge < -0.3 is 15.0 Å². The van der Waals surface area contributed by atoms with Crippen LogP contribution in [0.2, 0.25) is 0 Å². The van der Waals surface area contributed by atoms with E-state index < -0.39 is 26.3 Å². The van der Waals surface area contributed by atoms with Gasteiger partial charge >= 0.3 is 0 Å². The van der Waals surface area contributed by atoms with E-state index in [0.717, 1.165) is 63.5 Å². The highest BCUT2D eigenvalue weighted by molar-refractivity contribution is 7.91. The molecule has 2 unspecified atom stereocenters. The van der Waals surface area contributed by atoms with Crippen molar-refractivity contribution >= 4 is 15.5 Å². The van der Waals surface area contributed by atoms with Crippen molar-refractivity contribution in [1.82, 2.24) is 15.1 Å². The fourth-order valence-electron chi connectivity index (χ4n) is 5.74. The largest absolute Gasteiger partial charge is 0.381 e. The first-order valence-electron chi connectivity index (χ1n) is 11.9. The van der Waals surface area contributed by atoms with E-state index in [1.165, 1.54) is 19.4 Å². The van der Waals surface area contributed by atoms with Crippen molar-refractivity contribution in [3.05, 3.63) is 35.9 Å². The molecular formula is C24H31F2N5O2S. The number of likely N-dealkylation sites (tertiary alicyclic amines) is 1. The van der Waals surface area contributed by atoms with Crippen molar-refractivity contribution in [2.75, 3.05) is 44.4 Å². The molecule has 0 radical (unpaired) electrons. The van der Waals surface area contributed by atoms with Crippen LogP contribution in [0, 0.1) is 34.2 Å². The third-order valence-electron chi connectivity index (χ3n) is 7.42. The summed E-state index contributed by atoms with van der Waals surface area (Å²) in [7, 11) is -3.36. The molecule has 0 bridgehead atoms. The Balaban J connectivity index is 1.17. The average Bonchev–Trinajstić information content (AvgIpc) is 3.33. The van der Waals surface area contributed by atoms with Crippen molar-refractivity contribution in [2.24, 2.45) is 17.8 Å². The van der Waals surface area contributed by atoms with Crippen molar-refractivity contribution in [1.29, 1.82) is 4.78 Å². The first-order valence-corrected chi connectivity index (χ1v) is 13.9. The summed E-state index contributed by atoms with van der Waals surface area (Å²) < 4.78 is 53.6. The smallest absolute Gasteiger partial charge is 0.148 e. The quantitative estimate of drug-likeness (QED) is 0.635. The van der Waals surface area contributed by atoms with Crippen LogP contribution in [0.5, 0.6) is 0 Å². The molecule has 7 nitrogen and oxygen atoms in total. The van der Waals surface area contributed by atoms with E-state index in [9.17, 15) is 13.0 Å². The third-order valence-corrected chi connectivity index (χ3v) is 8.57. The van der Waals surface area contributed by atoms with Gasteiger partial charge in [0.2, 0.25) is 0 Å². The zero-order chi connectivity index (χ0) is 23.9. The van der Waals surface area contributed by atoms with Gasteiger partial charge in [-0.15, -0.1) is 10.2 Å². The predicted molar refractivity (Wildman–Crippen MR) is 126 cm³/mol. The van der Waals surface area contributed by atoms with Gasteiger partial charge in [-0.05, 0) is 67.7 Å². The van der Waals surface area contributed by atoms with Gasteiger partial charge in [-0.3, -0.25) is 0 Å². The van der Waals surface area contributed by atoms with Gasteiger partial charge in [0.05, 0.1) is 20.3 Å². The molecule has 2 N–H and O–H groups in total. The van der Waals surface area contributed by atoms with Crippen LogP contribution in [0.4, 0.5) is 14.6 Å². The van der Waals surface area contributed by atoms with Gasteiger partial charge in [0, 0.05) is 50.7 Å². The SMILES string of the molecule is CS(=N)(=O)c1cc(F)c(-c2ccc(NC3C[C@@H]4CN(CC5CCOCC5)C[C@@H]4C3)nn2)cc1F. The first kappa shape index (κ1) is 23.6. The van der Waals surface area contributed by atoms with Gasteiger partial charge in [-0.1, -0.05) is 0 Å². The molecular weight excluding hydrogens is 460 g/mol. The number of nitrogens with one attached hydrogen (secondary N) is 2. The van der Waals surface area contributed by atoms with E-state index in [-0.39, 0.29) is 11.3 Å². The summed E-state index contributed by atoms with van der Waals surface area (Å²) in [5.41, 5.74) is 0.122. The Hall–Kier alpha value is -2.17. The van der Waals surface area contributed by atoms with E-state index in [0.29, 0.717) is 23.7 Å². The highest BCUT2D eigenvalue weighted by Crippen LogP contribution is 2.39. The normalized spacial score (nSPS) is 27.4. The van der Waals surface area contributed by atoms with Crippen molar-refractivity contribution in [3.8, 4) is 11.3 Å². The summed E-state index contributed by atoms with van der Waals surface area (Å²) in [5, 5.41) is 11.7. The molecule has 34 heavy (non-hydrogen) atoms. The van der Waals surface area contributed by atoms with Crippen LogP contribution in [0.15, 0.2) is 29.2 Å². The minimum absolute atomic E-state index is 0.0658. The van der Waals surface area contributed by atoms with Crippen molar-refractivity contribution in [3.63, 3.8) is 0 Å². The Kier molecular flexibility index (Phi) is 6.56. The fourth-order valence-corrected chi connectivity index (χ4v) is 6.50. The van der Waals surface area contributed by atoms with Crippen LogP contribution in [-0.2, 0) is 14.5 Å². The molecule has 1 aromatic carbocycles. The second kappa shape index (κ2) is 9.47. The molecule has 0 spiro atoms. The predicted octanol–water partition coefficient (Wildman–Crippen LogP) is 4.01. The van der Waals surface area contributed by atoms with E-state index in [2.05, 4.69) is 20.4 Å². The highest BCUT2D eigenvalue weighted by atomic mass is 32.2. The van der Waals surface area contributed by atoms with Gasteiger partial charge in [0.25, 0.3) is 0 Å². The Labute approximate surface area is 199 Å². The number of nitrogens with zero attached hydrogens (tertiary/aromatic N) is 3. The first-order chi connectivity index (χ1) is 16.3. The van der Waals surface area contributed by atoms with Crippen molar-refractivity contribution in [2.45, 2.75) is 36.6 Å². The van der Waals surface area contributed by atoms with Crippen LogP contribution in [0.3, 0.4) is 0 Å². The Morgan fingerprint density at radius 2 is 1.82 bits per heavy atom. The molecule has 1 saturated carbocycles. The van der Waals surface area contributed by atoms with Crippen LogP contribution in [-0.4, -0.2) is 64.5 Å². The topological polar surface area (TPSA) is 91.2 Å². The lowest BCUT2D eigenvalue weighted by Crippen LogP contribution is -2.32. The summed E-state index contributed by atoms with van der Waals surface area (Å²) in [5.74, 6) is 1.13. The van der Waals surface area contributed by atoms with E-state index in [4.69, 9.17) is 9.52 Å². The maximum Gasteiger partial charge on any atom is 0.148 e. The number of fused-ring (bicyclic) bond motifs is 1. The number of anilines is 1. The summed E-state index contributed by atoms with van der Waals surface area (Å²) in [6, 6.07) is 5.42. The number of hydrogen-bond donors (Lipinski definition) is 2. The molecule has 1 aromatic heterocycles. The van der Waals surface area contributed by atoms with Crippen LogP contribution < -0.4 is 5.32 Å². The molecule has 5 rings (SSSR count). The van der Waals surface area contributed by atoms with Gasteiger partial charge in [-0.25, -0.2) is 17.8 Å². The number of benzene rings is 1. The summed E-state index contributed by atoms with van der Waals surface area (Å²) in [4.78, 5) is 2.19. The number of aromatic nitrogens is 2. The Morgan fingerprint density at radius 3 is 2.44 bits per heavy atom. The molecule has 0 amide bonds. The molecule has 10 heteroatoms. The van der Waals surface area contributed by atoms with E-state index in [1.807, 2.05) is 0 Å². The molecule has 2 saturated heterocycles. The molecule has 3 heterocycles. The second-order valence-corrected chi connectivity index (χ2v) is 12.1. The molecule has 4 atom stereocenters. The third kappa shape index (κ3) is 5.08. The minimum Gasteiger partial charge on any atom is -0.381 e. The average molecular weight is 492 g/mol. The van der Waals surface area contributed by atoms with Gasteiger partial charge in [-0.2, -0.15) is 0 Å². The number of rotatable bonds is 6. The molecule has 184 valence electrons. The van der Waals surface area contributed by atoms with Crippen LogP contribution in [0.25, 0.3) is 11.3 Å². The number of hydrogen-bond acceptors (Lipinski definition) is 7. The maximum atomic E-state index is 14.5. The Bertz CT molecular complexity index is 1120. The lowest BCUT2D eigenvalue weighted by molar-refractivity contribution is 0.0545. The monoisotopic (exact) mass is 491 g/mol. The zero-order valence-electron chi connectivity index (χ0n) is 19.3. The van der Waals surface area contributed by atoms with E-state index >= 15 is 0 Å². The second-order valence-electron chi connectivity index (χ2n) is 10.0. The van der Waals surface area contributed by atoms with Crippen LogP contribution >= 0.6 is 0 Å². The van der Waals surface area contributed by atoms with Crippen LogP contribution in [0.1, 0.15) is 25.7 Å². The maximum absolute atomic E-state index is 14.5. The summed E-state index contributed by atoms with van der Waals surface area (Å²) >= 11 is 0. The number of halogens is 2. The molecule has 2 aromatic rings. The van der Waals surface area contributed by atoms with E-state index in [1.54, 1.807) is 12.1 Å². The van der Waals surface area contributed by atoms with Gasteiger partial charge in [0.15, 0.2) is 0 Å². The summed E-state index contributed by atoms with van der Waals surface area (Å²) in [6.45, 7) is 5.31. The van der Waals surface area contributed by atoms with Crippen molar-refractivity contribution < 1.29 is 17.7 Å². The fraction of sp³-hybridized carbons (Fsp3) is 0.583. The number of ether oxygens (including phenoxy) is 1. The highest BCUT2D eigenvalue weighted by Gasteiger charge is 2.41. The summed E-state index contributed by atoms with van der Waals surface area (Å²) in [6.07, 6.45) is 5.61. The molecule has 3 aliphatic rings. The standard InChI is InChI=1S/C24H31F2N5O2S/c1-34(27,32)23-11-20(25)19(10-21(23)26)22-2-3-24(30-29-22)28-18-8-16-13-31(14-17(16)9-18)12-15-4-6-33-7-5-15/h2-3,10-11,15-18,27H,4-9,12-14H2,1H3,(H,28,30)/t16-,17+,18?,34?. The molecule has 2 aliphatic heterocycles. The molecule has 3 fully saturated rings. The Morgan fingerprint density at radius 1 is 1.12 bits per heavy atom. The van der Waals surface area contributed by atoms with Gasteiger partial charge in [0.1, 0.15) is 17.5 Å². The zero-order valence-corrected chi connectivity index (χ0v) is 20.1. The lowest BCUT2D eigenvalue weighted by atomic mass is 10.00. The molecule has 1 aliphatic carbocycles.